The minimum Gasteiger partial charge on any atom is -0.329 e. The SMILES string of the molecule is CC(=O)Nc1ccc(CC(=O)Nc2ccc(-c3noc(C(F)(F)F)n3)nc2)cc1. The van der Waals surface area contributed by atoms with E-state index in [0.717, 1.165) is 5.56 Å². The Morgan fingerprint density at radius 1 is 1.03 bits per heavy atom. The highest BCUT2D eigenvalue weighted by Crippen LogP contribution is 2.29. The molecule has 0 aliphatic heterocycles. The maximum Gasteiger partial charge on any atom is 0.471 e. The van der Waals surface area contributed by atoms with Crippen molar-refractivity contribution in [3.8, 4) is 11.5 Å². The number of nitrogens with zero attached hydrogens (tertiary/aromatic N) is 3. The highest BCUT2D eigenvalue weighted by molar-refractivity contribution is 5.92. The number of benzene rings is 1. The number of hydrogen-bond acceptors (Lipinski definition) is 6. The number of alkyl halides is 3. The van der Waals surface area contributed by atoms with Gasteiger partial charge in [-0.3, -0.25) is 14.6 Å². The molecule has 3 aromatic rings. The molecule has 1 aromatic carbocycles. The number of halogens is 3. The van der Waals surface area contributed by atoms with Gasteiger partial charge in [-0.15, -0.1) is 0 Å². The Balaban J connectivity index is 1.60. The molecule has 0 bridgehead atoms. The van der Waals surface area contributed by atoms with E-state index >= 15 is 0 Å². The summed E-state index contributed by atoms with van der Waals surface area (Å²) in [5, 5.41) is 8.50. The van der Waals surface area contributed by atoms with Crippen LogP contribution in [0.3, 0.4) is 0 Å². The predicted molar refractivity (Wildman–Crippen MR) is 95.6 cm³/mol. The molecule has 2 aromatic heterocycles. The molecule has 3 rings (SSSR count). The van der Waals surface area contributed by atoms with Crippen LogP contribution in [0.15, 0.2) is 47.1 Å². The van der Waals surface area contributed by atoms with Crippen LogP contribution in [-0.2, 0) is 22.2 Å². The van der Waals surface area contributed by atoms with Gasteiger partial charge in [-0.05, 0) is 29.8 Å². The first-order valence-electron chi connectivity index (χ1n) is 8.24. The fraction of sp³-hybridized carbons (Fsp3) is 0.167. The highest BCUT2D eigenvalue weighted by atomic mass is 19.4. The lowest BCUT2D eigenvalue weighted by molar-refractivity contribution is -0.159. The average Bonchev–Trinajstić information content (AvgIpc) is 3.14. The Kier molecular flexibility index (Phi) is 5.57. The van der Waals surface area contributed by atoms with E-state index in [4.69, 9.17) is 0 Å². The molecule has 2 amide bonds. The number of carbonyl (C=O) groups is 2. The van der Waals surface area contributed by atoms with E-state index in [1.54, 1.807) is 24.3 Å². The van der Waals surface area contributed by atoms with Gasteiger partial charge in [0.15, 0.2) is 0 Å². The van der Waals surface area contributed by atoms with Gasteiger partial charge in [-0.25, -0.2) is 0 Å². The Morgan fingerprint density at radius 2 is 1.72 bits per heavy atom. The van der Waals surface area contributed by atoms with Crippen molar-refractivity contribution in [3.63, 3.8) is 0 Å². The molecule has 0 saturated carbocycles. The second-order valence-corrected chi connectivity index (χ2v) is 5.96. The molecule has 0 aliphatic rings. The van der Waals surface area contributed by atoms with Gasteiger partial charge < -0.3 is 15.2 Å². The lowest BCUT2D eigenvalue weighted by Gasteiger charge is -2.07. The van der Waals surface area contributed by atoms with E-state index in [2.05, 4.69) is 30.3 Å². The number of anilines is 2. The molecule has 29 heavy (non-hydrogen) atoms. The van der Waals surface area contributed by atoms with Crippen LogP contribution in [-0.4, -0.2) is 26.9 Å². The molecular weight excluding hydrogens is 391 g/mol. The predicted octanol–water partition coefficient (Wildman–Crippen LogP) is 3.29. The van der Waals surface area contributed by atoms with Crippen molar-refractivity contribution < 1.29 is 27.3 Å². The van der Waals surface area contributed by atoms with E-state index < -0.39 is 12.1 Å². The second kappa shape index (κ2) is 8.09. The molecule has 0 fully saturated rings. The van der Waals surface area contributed by atoms with E-state index in [1.807, 2.05) is 0 Å². The number of hydrogen-bond donors (Lipinski definition) is 2. The Hall–Kier alpha value is -3.76. The third-order valence-electron chi connectivity index (χ3n) is 3.58. The minimum absolute atomic E-state index is 0.0656. The normalized spacial score (nSPS) is 11.2. The topological polar surface area (TPSA) is 110 Å². The molecule has 11 heteroatoms. The van der Waals surface area contributed by atoms with Crippen molar-refractivity contribution in [1.29, 1.82) is 0 Å². The lowest BCUT2D eigenvalue weighted by atomic mass is 10.1. The van der Waals surface area contributed by atoms with E-state index in [-0.39, 0.29) is 29.8 Å². The molecule has 0 aliphatic carbocycles. The van der Waals surface area contributed by atoms with Crippen LogP contribution in [0.5, 0.6) is 0 Å². The van der Waals surface area contributed by atoms with Gasteiger partial charge in [-0.1, -0.05) is 17.3 Å². The van der Waals surface area contributed by atoms with Crippen molar-refractivity contribution >= 4 is 23.2 Å². The van der Waals surface area contributed by atoms with Gasteiger partial charge in [-0.2, -0.15) is 18.2 Å². The molecule has 0 radical (unpaired) electrons. The van der Waals surface area contributed by atoms with Crippen LogP contribution < -0.4 is 10.6 Å². The molecular formula is C18H14F3N5O3. The Bertz CT molecular complexity index is 1010. The van der Waals surface area contributed by atoms with Crippen molar-refractivity contribution in [2.24, 2.45) is 0 Å². The molecule has 0 atom stereocenters. The molecule has 2 N–H and O–H groups in total. The third kappa shape index (κ3) is 5.37. The van der Waals surface area contributed by atoms with E-state index in [0.29, 0.717) is 11.4 Å². The zero-order chi connectivity index (χ0) is 21.0. The summed E-state index contributed by atoms with van der Waals surface area (Å²) in [4.78, 5) is 30.3. The van der Waals surface area contributed by atoms with Gasteiger partial charge in [0.25, 0.3) is 0 Å². The van der Waals surface area contributed by atoms with Crippen LogP contribution in [0.1, 0.15) is 18.4 Å². The van der Waals surface area contributed by atoms with Crippen LogP contribution >= 0.6 is 0 Å². The molecule has 0 spiro atoms. The van der Waals surface area contributed by atoms with Crippen LogP contribution in [0.4, 0.5) is 24.5 Å². The first-order chi connectivity index (χ1) is 13.7. The quantitative estimate of drug-likeness (QED) is 0.674. The van der Waals surface area contributed by atoms with Gasteiger partial charge >= 0.3 is 12.1 Å². The summed E-state index contributed by atoms with van der Waals surface area (Å²) in [6, 6.07) is 9.61. The minimum atomic E-state index is -4.74. The summed E-state index contributed by atoms with van der Waals surface area (Å²) >= 11 is 0. The van der Waals surface area contributed by atoms with Crippen LogP contribution in [0.2, 0.25) is 0 Å². The van der Waals surface area contributed by atoms with Gasteiger partial charge in [0.05, 0.1) is 18.3 Å². The fourth-order valence-electron chi connectivity index (χ4n) is 2.34. The third-order valence-corrected chi connectivity index (χ3v) is 3.58. The number of amides is 2. The van der Waals surface area contributed by atoms with Gasteiger partial charge in [0.2, 0.25) is 17.6 Å². The average molecular weight is 405 g/mol. The fourth-order valence-corrected chi connectivity index (χ4v) is 2.34. The van der Waals surface area contributed by atoms with Gasteiger partial charge in [0, 0.05) is 12.6 Å². The van der Waals surface area contributed by atoms with Crippen LogP contribution in [0.25, 0.3) is 11.5 Å². The standard InChI is InChI=1S/C18H14F3N5O3/c1-10(27)23-12-4-2-11(3-5-12)8-15(28)24-13-6-7-14(22-9-13)16-25-17(29-26-16)18(19,20)21/h2-7,9H,8H2,1H3,(H,23,27)(H,24,28). The molecule has 0 saturated heterocycles. The van der Waals surface area contributed by atoms with Crippen molar-refractivity contribution in [2.45, 2.75) is 19.5 Å². The number of pyridine rings is 1. The second-order valence-electron chi connectivity index (χ2n) is 5.96. The Morgan fingerprint density at radius 3 is 2.28 bits per heavy atom. The molecule has 2 heterocycles. The maximum atomic E-state index is 12.5. The summed E-state index contributed by atoms with van der Waals surface area (Å²) in [6.45, 7) is 1.40. The first kappa shape index (κ1) is 20.0. The largest absolute Gasteiger partial charge is 0.471 e. The number of rotatable bonds is 5. The van der Waals surface area contributed by atoms with E-state index in [9.17, 15) is 22.8 Å². The zero-order valence-corrected chi connectivity index (χ0v) is 14.9. The summed E-state index contributed by atoms with van der Waals surface area (Å²) in [5.41, 5.74) is 1.77. The lowest BCUT2D eigenvalue weighted by Crippen LogP contribution is -2.14. The summed E-state index contributed by atoms with van der Waals surface area (Å²) in [7, 11) is 0. The number of carbonyl (C=O) groups excluding carboxylic acids is 2. The highest BCUT2D eigenvalue weighted by Gasteiger charge is 2.38. The molecule has 8 nitrogen and oxygen atoms in total. The van der Waals surface area contributed by atoms with Crippen molar-refractivity contribution in [1.82, 2.24) is 15.1 Å². The summed E-state index contributed by atoms with van der Waals surface area (Å²) in [5.74, 6) is -2.28. The van der Waals surface area contributed by atoms with Crippen molar-refractivity contribution in [3.05, 3.63) is 54.0 Å². The number of aromatic nitrogens is 3. The zero-order valence-electron chi connectivity index (χ0n) is 14.9. The monoisotopic (exact) mass is 405 g/mol. The van der Waals surface area contributed by atoms with Gasteiger partial charge in [0.1, 0.15) is 5.69 Å². The smallest absolute Gasteiger partial charge is 0.329 e. The first-order valence-corrected chi connectivity index (χ1v) is 8.24. The molecule has 150 valence electrons. The number of nitrogens with one attached hydrogen (secondary N) is 2. The van der Waals surface area contributed by atoms with Crippen molar-refractivity contribution in [2.75, 3.05) is 10.6 Å². The summed E-state index contributed by atoms with van der Waals surface area (Å²) < 4.78 is 41.7. The molecule has 0 unspecified atom stereocenters. The Labute approximate surface area is 162 Å². The van der Waals surface area contributed by atoms with E-state index in [1.165, 1.54) is 25.3 Å². The van der Waals surface area contributed by atoms with Crippen LogP contribution in [0, 0.1) is 0 Å². The maximum absolute atomic E-state index is 12.5. The summed E-state index contributed by atoms with van der Waals surface area (Å²) in [6.07, 6.45) is -3.38.